The van der Waals surface area contributed by atoms with Crippen LogP contribution in [0.5, 0.6) is 0 Å². The van der Waals surface area contributed by atoms with Crippen LogP contribution >= 0.6 is 8.25 Å². The Bertz CT molecular complexity index is 97.2. The largest absolute Gasteiger partial charge is 0.326 e. The highest BCUT2D eigenvalue weighted by atomic mass is 31.1. The minimum absolute atomic E-state index is 1.15. The van der Waals surface area contributed by atoms with Crippen molar-refractivity contribution in [3.63, 3.8) is 0 Å². The van der Waals surface area contributed by atoms with E-state index in [1.807, 2.05) is 0 Å². The van der Waals surface area contributed by atoms with Gasteiger partial charge in [0.15, 0.2) is 0 Å². The van der Waals surface area contributed by atoms with Crippen molar-refractivity contribution in [2.24, 2.45) is 5.92 Å². The van der Waals surface area contributed by atoms with E-state index >= 15 is 0 Å². The summed E-state index contributed by atoms with van der Waals surface area (Å²) in [5.74, 6) is 1.15. The summed E-state index contributed by atoms with van der Waals surface area (Å²) in [6, 6.07) is 0. The highest BCUT2D eigenvalue weighted by Crippen LogP contribution is 2.32. The number of hydrogen-bond donors (Lipinski definition) is 2. The summed E-state index contributed by atoms with van der Waals surface area (Å²) in [4.78, 5) is 14.3. The van der Waals surface area contributed by atoms with Gasteiger partial charge in [0.25, 0.3) is 0 Å². The third-order valence-electron chi connectivity index (χ3n) is 1.39. The molecule has 0 atom stereocenters. The molecule has 0 unspecified atom stereocenters. The molecular formula is C6H15O3P. The molecule has 0 heterocycles. The lowest BCUT2D eigenvalue weighted by Gasteiger charge is -1.82. The second-order valence-corrected chi connectivity index (χ2v) is 3.08. The van der Waals surface area contributed by atoms with Crippen LogP contribution in [0, 0.1) is 5.92 Å². The van der Waals surface area contributed by atoms with Gasteiger partial charge in [0.1, 0.15) is 0 Å². The van der Waals surface area contributed by atoms with Gasteiger partial charge in [-0.15, -0.1) is 0 Å². The van der Waals surface area contributed by atoms with E-state index in [-0.39, 0.29) is 0 Å². The Morgan fingerprint density at radius 1 is 1.50 bits per heavy atom. The molecule has 4 heteroatoms. The van der Waals surface area contributed by atoms with Crippen LogP contribution in [-0.4, -0.2) is 9.79 Å². The third-order valence-corrected chi connectivity index (χ3v) is 1.39. The molecule has 1 aliphatic carbocycles. The monoisotopic (exact) mass is 166 g/mol. The van der Waals surface area contributed by atoms with E-state index < -0.39 is 8.25 Å². The summed E-state index contributed by atoms with van der Waals surface area (Å²) < 4.78 is 8.74. The van der Waals surface area contributed by atoms with Gasteiger partial charge in [-0.1, -0.05) is 32.6 Å². The number of rotatable bonds is 2. The first kappa shape index (κ1) is 10.2. The summed E-state index contributed by atoms with van der Waals surface area (Å²) in [6.07, 6.45) is 5.92. The van der Waals surface area contributed by atoms with E-state index in [4.69, 9.17) is 14.4 Å². The minimum Gasteiger partial charge on any atom is -0.326 e. The molecule has 0 radical (unpaired) electrons. The van der Waals surface area contributed by atoms with E-state index in [0.717, 1.165) is 5.92 Å². The van der Waals surface area contributed by atoms with Gasteiger partial charge in [0.05, 0.1) is 0 Å². The molecule has 62 valence electrons. The molecule has 0 aromatic heterocycles. The fraction of sp³-hybridized carbons (Fsp3) is 1.00. The molecular weight excluding hydrogens is 151 g/mol. The summed E-state index contributed by atoms with van der Waals surface area (Å²) in [5, 5.41) is 0. The molecule has 0 aromatic rings. The quantitative estimate of drug-likeness (QED) is 0.612. The van der Waals surface area contributed by atoms with Crippen LogP contribution in [0.25, 0.3) is 0 Å². The molecule has 0 spiro atoms. The minimum atomic E-state index is -3.13. The highest BCUT2D eigenvalue weighted by Gasteiger charge is 2.18. The van der Waals surface area contributed by atoms with Crippen LogP contribution in [0.1, 0.15) is 32.6 Å². The van der Waals surface area contributed by atoms with Crippen LogP contribution in [0.2, 0.25) is 0 Å². The van der Waals surface area contributed by atoms with E-state index in [9.17, 15) is 0 Å². The lowest BCUT2D eigenvalue weighted by Crippen LogP contribution is -1.68. The molecule has 3 nitrogen and oxygen atoms in total. The lowest BCUT2D eigenvalue weighted by molar-refractivity contribution is 0.405. The maximum Gasteiger partial charge on any atom is 0.314 e. The molecule has 0 amide bonds. The zero-order valence-corrected chi connectivity index (χ0v) is 7.21. The Kier molecular flexibility index (Phi) is 5.99. The fourth-order valence-electron chi connectivity index (χ4n) is 0.815. The Morgan fingerprint density at radius 3 is 2.00 bits per heavy atom. The van der Waals surface area contributed by atoms with Gasteiger partial charge in [-0.3, -0.25) is 4.57 Å². The average Bonchev–Trinajstić information content (AvgIpc) is 2.48. The molecule has 1 saturated carbocycles. The maximum absolute atomic E-state index is 8.74. The Labute approximate surface area is 62.0 Å². The third kappa shape index (κ3) is 11.0. The van der Waals surface area contributed by atoms with Crippen LogP contribution in [0.4, 0.5) is 0 Å². The van der Waals surface area contributed by atoms with Crippen molar-refractivity contribution in [3.8, 4) is 0 Å². The van der Waals surface area contributed by atoms with Crippen molar-refractivity contribution in [1.82, 2.24) is 0 Å². The predicted octanol–water partition coefficient (Wildman–Crippen LogP) is 1.56. The highest BCUT2D eigenvalue weighted by molar-refractivity contribution is 7.30. The van der Waals surface area contributed by atoms with Gasteiger partial charge in [-0.05, 0) is 5.92 Å². The van der Waals surface area contributed by atoms with Crippen LogP contribution < -0.4 is 0 Å². The predicted molar refractivity (Wildman–Crippen MR) is 41.1 cm³/mol. The van der Waals surface area contributed by atoms with E-state index in [0.29, 0.717) is 0 Å². The molecule has 1 rings (SSSR count). The molecule has 0 aliphatic heterocycles. The summed E-state index contributed by atoms with van der Waals surface area (Å²) in [6.45, 7) is 2.26. The van der Waals surface area contributed by atoms with Gasteiger partial charge < -0.3 is 9.79 Å². The Balaban J connectivity index is 0.000000180. The molecule has 0 aromatic carbocycles. The first-order valence-electron chi connectivity index (χ1n) is 3.58. The van der Waals surface area contributed by atoms with Gasteiger partial charge in [0, 0.05) is 0 Å². The van der Waals surface area contributed by atoms with Crippen molar-refractivity contribution in [2.45, 2.75) is 32.6 Å². The normalized spacial score (nSPS) is 16.4. The first-order chi connectivity index (χ1) is 4.66. The topological polar surface area (TPSA) is 57.5 Å². The second kappa shape index (κ2) is 5.90. The second-order valence-electron chi connectivity index (χ2n) is 2.51. The molecule has 2 N–H and O–H groups in total. The molecule has 1 aliphatic rings. The Morgan fingerprint density at radius 2 is 1.90 bits per heavy atom. The first-order valence-corrected chi connectivity index (χ1v) is 4.89. The standard InChI is InChI=1S/C6H12.H3O3P/c1-2-3-6-4-5-6;1-4(2)3/h6H,2-5H2,1H3;4H,(H2,1,2,3). The fourth-order valence-corrected chi connectivity index (χ4v) is 0.815. The summed E-state index contributed by atoms with van der Waals surface area (Å²) >= 11 is 0. The van der Waals surface area contributed by atoms with Crippen molar-refractivity contribution >= 4 is 8.25 Å². The molecule has 0 saturated heterocycles. The Hall–Kier alpha value is 0.150. The van der Waals surface area contributed by atoms with Crippen molar-refractivity contribution in [2.75, 3.05) is 0 Å². The van der Waals surface area contributed by atoms with Crippen LogP contribution in [0.3, 0.4) is 0 Å². The van der Waals surface area contributed by atoms with Gasteiger partial charge >= 0.3 is 8.25 Å². The maximum atomic E-state index is 8.74. The van der Waals surface area contributed by atoms with Crippen molar-refractivity contribution in [3.05, 3.63) is 0 Å². The SMILES string of the molecule is CCCC1CC1.O=[PH](O)O. The summed E-state index contributed by atoms with van der Waals surface area (Å²) in [7, 11) is -3.13. The zero-order chi connectivity index (χ0) is 7.98. The van der Waals surface area contributed by atoms with Gasteiger partial charge in [-0.25, -0.2) is 0 Å². The van der Waals surface area contributed by atoms with E-state index in [1.165, 1.54) is 25.7 Å². The van der Waals surface area contributed by atoms with E-state index in [2.05, 4.69) is 6.92 Å². The number of hydrogen-bond acceptors (Lipinski definition) is 1. The molecule has 10 heavy (non-hydrogen) atoms. The van der Waals surface area contributed by atoms with Gasteiger partial charge in [-0.2, -0.15) is 0 Å². The lowest BCUT2D eigenvalue weighted by atomic mass is 10.2. The summed E-state index contributed by atoms with van der Waals surface area (Å²) in [5.41, 5.74) is 0. The molecule has 0 bridgehead atoms. The average molecular weight is 166 g/mol. The van der Waals surface area contributed by atoms with E-state index in [1.54, 1.807) is 0 Å². The van der Waals surface area contributed by atoms with Crippen LogP contribution in [0.15, 0.2) is 0 Å². The van der Waals surface area contributed by atoms with Crippen molar-refractivity contribution in [1.29, 1.82) is 0 Å². The zero-order valence-electron chi connectivity index (χ0n) is 6.21. The molecule has 1 fully saturated rings. The van der Waals surface area contributed by atoms with Crippen LogP contribution in [-0.2, 0) is 4.57 Å². The smallest absolute Gasteiger partial charge is 0.314 e. The van der Waals surface area contributed by atoms with Crippen molar-refractivity contribution < 1.29 is 14.4 Å². The van der Waals surface area contributed by atoms with Gasteiger partial charge in [0.2, 0.25) is 0 Å².